The molecule has 0 heterocycles. The second-order valence-corrected chi connectivity index (χ2v) is 4.40. The van der Waals surface area contributed by atoms with Gasteiger partial charge in [0.05, 0.1) is 12.2 Å². The van der Waals surface area contributed by atoms with Crippen LogP contribution < -0.4 is 0 Å². The lowest BCUT2D eigenvalue weighted by molar-refractivity contribution is 0.268. The largest absolute Gasteiger partial charge is 0.507 e. The molecule has 0 unspecified atom stereocenters. The summed E-state index contributed by atoms with van der Waals surface area (Å²) in [5, 5.41) is 27.9. The summed E-state index contributed by atoms with van der Waals surface area (Å²) in [5.74, 6) is -0.116. The molecule has 0 aliphatic carbocycles. The normalized spacial score (nSPS) is 11.7. The van der Waals surface area contributed by atoms with Crippen LogP contribution in [0.5, 0.6) is 11.5 Å². The molecular weight excluding hydrogens is 180 g/mol. The van der Waals surface area contributed by atoms with Crippen molar-refractivity contribution in [3.05, 3.63) is 23.3 Å². The molecule has 0 aliphatic heterocycles. The van der Waals surface area contributed by atoms with E-state index in [-0.39, 0.29) is 29.1 Å². The van der Waals surface area contributed by atoms with Crippen molar-refractivity contribution in [2.75, 3.05) is 0 Å². The Morgan fingerprint density at radius 1 is 1.07 bits per heavy atom. The highest BCUT2D eigenvalue weighted by Crippen LogP contribution is 2.33. The van der Waals surface area contributed by atoms with Crippen molar-refractivity contribution in [1.82, 2.24) is 0 Å². The Labute approximate surface area is 83.6 Å². The minimum Gasteiger partial charge on any atom is -0.507 e. The van der Waals surface area contributed by atoms with Crippen LogP contribution in [-0.4, -0.2) is 15.3 Å². The summed E-state index contributed by atoms with van der Waals surface area (Å²) >= 11 is 0. The molecule has 78 valence electrons. The first-order valence-electron chi connectivity index (χ1n) is 4.52. The first kappa shape index (κ1) is 10.9. The molecule has 1 aromatic rings. The fourth-order valence-electron chi connectivity index (χ4n) is 1.24. The monoisotopic (exact) mass is 196 g/mol. The van der Waals surface area contributed by atoms with E-state index in [2.05, 4.69) is 0 Å². The third-order valence-electron chi connectivity index (χ3n) is 2.23. The van der Waals surface area contributed by atoms with Crippen molar-refractivity contribution in [3.63, 3.8) is 0 Å². The van der Waals surface area contributed by atoms with Crippen molar-refractivity contribution < 1.29 is 15.3 Å². The molecule has 3 N–H and O–H groups in total. The lowest BCUT2D eigenvalue weighted by Crippen LogP contribution is -2.11. The summed E-state index contributed by atoms with van der Waals surface area (Å²) in [4.78, 5) is 0. The van der Waals surface area contributed by atoms with E-state index < -0.39 is 0 Å². The molecule has 3 nitrogen and oxygen atoms in total. The van der Waals surface area contributed by atoms with Gasteiger partial charge >= 0.3 is 0 Å². The quantitative estimate of drug-likeness (QED) is 0.642. The van der Waals surface area contributed by atoms with Crippen LogP contribution in [0.3, 0.4) is 0 Å². The zero-order chi connectivity index (χ0) is 10.9. The molecular formula is C11H16O3. The van der Waals surface area contributed by atoms with Crippen molar-refractivity contribution >= 4 is 0 Å². The molecule has 1 aromatic carbocycles. The summed E-state index contributed by atoms with van der Waals surface area (Å²) in [5.41, 5.74) is 0.880. The molecule has 0 fully saturated rings. The van der Waals surface area contributed by atoms with Gasteiger partial charge in [0.25, 0.3) is 0 Å². The van der Waals surface area contributed by atoms with Gasteiger partial charge in [0, 0.05) is 0 Å². The Morgan fingerprint density at radius 2 is 1.50 bits per heavy atom. The number of aromatic hydroxyl groups is 2. The zero-order valence-electron chi connectivity index (χ0n) is 8.70. The minimum atomic E-state index is -0.359. The summed E-state index contributed by atoms with van der Waals surface area (Å²) < 4.78 is 0. The van der Waals surface area contributed by atoms with Gasteiger partial charge in [-0.1, -0.05) is 20.8 Å². The number of hydrogen-bond donors (Lipinski definition) is 3. The number of aliphatic hydroxyl groups is 1. The predicted octanol–water partition coefficient (Wildman–Crippen LogP) is 1.89. The molecule has 1 rings (SSSR count). The lowest BCUT2D eigenvalue weighted by atomic mass is 9.86. The first-order chi connectivity index (χ1) is 6.36. The maximum absolute atomic E-state index is 9.52. The third-order valence-corrected chi connectivity index (χ3v) is 2.23. The first-order valence-corrected chi connectivity index (χ1v) is 4.52. The summed E-state index contributed by atoms with van der Waals surface area (Å²) in [6, 6.07) is 3.15. The predicted molar refractivity (Wildman–Crippen MR) is 54.4 cm³/mol. The summed E-state index contributed by atoms with van der Waals surface area (Å²) in [7, 11) is 0. The van der Waals surface area contributed by atoms with E-state index in [1.807, 2.05) is 20.8 Å². The molecule has 0 atom stereocenters. The Kier molecular flexibility index (Phi) is 2.71. The molecule has 14 heavy (non-hydrogen) atoms. The van der Waals surface area contributed by atoms with Gasteiger partial charge in [0.2, 0.25) is 0 Å². The standard InChI is InChI=1S/C11H16O3/c1-11(2,3)7-4-9(13)8(6-12)10(14)5-7/h4-5,12-14H,6H2,1-3H3. The lowest BCUT2D eigenvalue weighted by Gasteiger charge is -2.20. The Morgan fingerprint density at radius 3 is 1.79 bits per heavy atom. The Hall–Kier alpha value is -1.22. The van der Waals surface area contributed by atoms with E-state index in [0.717, 1.165) is 5.56 Å². The topological polar surface area (TPSA) is 60.7 Å². The van der Waals surface area contributed by atoms with E-state index in [1.165, 1.54) is 0 Å². The van der Waals surface area contributed by atoms with Crippen LogP contribution >= 0.6 is 0 Å². The van der Waals surface area contributed by atoms with Crippen LogP contribution in [0.1, 0.15) is 31.9 Å². The fourth-order valence-corrected chi connectivity index (χ4v) is 1.24. The summed E-state index contributed by atoms with van der Waals surface area (Å²) in [6.07, 6.45) is 0. The highest BCUT2D eigenvalue weighted by Gasteiger charge is 2.17. The van der Waals surface area contributed by atoms with Gasteiger partial charge in [0.15, 0.2) is 0 Å². The molecule has 0 saturated carbocycles. The SMILES string of the molecule is CC(C)(C)c1cc(O)c(CO)c(O)c1. The van der Waals surface area contributed by atoms with Crippen LogP contribution in [0.25, 0.3) is 0 Å². The molecule has 0 bridgehead atoms. The molecule has 3 heteroatoms. The van der Waals surface area contributed by atoms with Gasteiger partial charge in [0.1, 0.15) is 11.5 Å². The van der Waals surface area contributed by atoms with Crippen LogP contribution in [-0.2, 0) is 12.0 Å². The molecule has 0 radical (unpaired) electrons. The third kappa shape index (κ3) is 1.99. The minimum absolute atomic E-state index is 0.0579. The van der Waals surface area contributed by atoms with E-state index in [0.29, 0.717) is 0 Å². The van der Waals surface area contributed by atoms with Gasteiger partial charge in [-0.2, -0.15) is 0 Å². The van der Waals surface area contributed by atoms with Crippen molar-refractivity contribution in [2.24, 2.45) is 0 Å². The molecule has 0 spiro atoms. The second kappa shape index (κ2) is 3.50. The molecule has 0 aromatic heterocycles. The second-order valence-electron chi connectivity index (χ2n) is 4.40. The van der Waals surface area contributed by atoms with Gasteiger partial charge in [-0.25, -0.2) is 0 Å². The Bertz CT molecular complexity index is 314. The average molecular weight is 196 g/mol. The van der Waals surface area contributed by atoms with Crippen LogP contribution in [0, 0.1) is 0 Å². The number of rotatable bonds is 1. The Balaban J connectivity index is 3.28. The molecule has 0 amide bonds. The highest BCUT2D eigenvalue weighted by atomic mass is 16.3. The van der Waals surface area contributed by atoms with Gasteiger partial charge < -0.3 is 15.3 Å². The van der Waals surface area contributed by atoms with Gasteiger partial charge in [-0.05, 0) is 23.1 Å². The fraction of sp³-hybridized carbons (Fsp3) is 0.455. The van der Waals surface area contributed by atoms with E-state index in [1.54, 1.807) is 12.1 Å². The van der Waals surface area contributed by atoms with E-state index in [4.69, 9.17) is 5.11 Å². The number of benzene rings is 1. The van der Waals surface area contributed by atoms with Crippen molar-refractivity contribution in [1.29, 1.82) is 0 Å². The van der Waals surface area contributed by atoms with E-state index in [9.17, 15) is 10.2 Å². The average Bonchev–Trinajstić information content (AvgIpc) is 2.01. The number of phenols is 2. The van der Waals surface area contributed by atoms with Crippen molar-refractivity contribution in [3.8, 4) is 11.5 Å². The maximum atomic E-state index is 9.52. The van der Waals surface area contributed by atoms with E-state index >= 15 is 0 Å². The number of aliphatic hydroxyl groups excluding tert-OH is 1. The van der Waals surface area contributed by atoms with Crippen LogP contribution in [0.2, 0.25) is 0 Å². The smallest absolute Gasteiger partial charge is 0.125 e. The molecule has 0 aliphatic rings. The number of hydrogen-bond acceptors (Lipinski definition) is 3. The van der Waals surface area contributed by atoms with Gasteiger partial charge in [-0.15, -0.1) is 0 Å². The zero-order valence-corrected chi connectivity index (χ0v) is 8.70. The highest BCUT2D eigenvalue weighted by molar-refractivity contribution is 5.47. The molecule has 0 saturated heterocycles. The van der Waals surface area contributed by atoms with Crippen LogP contribution in [0.4, 0.5) is 0 Å². The van der Waals surface area contributed by atoms with Gasteiger partial charge in [-0.3, -0.25) is 0 Å². The van der Waals surface area contributed by atoms with Crippen LogP contribution in [0.15, 0.2) is 12.1 Å². The summed E-state index contributed by atoms with van der Waals surface area (Å²) in [6.45, 7) is 5.60. The van der Waals surface area contributed by atoms with Crippen molar-refractivity contribution in [2.45, 2.75) is 32.8 Å². The maximum Gasteiger partial charge on any atom is 0.125 e.